The van der Waals surface area contributed by atoms with Crippen molar-refractivity contribution >= 4 is 0 Å². The molecule has 148 valence electrons. The van der Waals surface area contributed by atoms with Crippen molar-refractivity contribution in [2.24, 2.45) is 5.92 Å². The first-order valence-corrected chi connectivity index (χ1v) is 9.95. The minimum Gasteiger partial charge on any atom is -0.394 e. The minimum atomic E-state index is 0.302. The molecular formula is C27H35N. The Morgan fingerprint density at radius 1 is 1.18 bits per heavy atom. The summed E-state index contributed by atoms with van der Waals surface area (Å²) in [5, 5.41) is 3.03. The largest absolute Gasteiger partial charge is 0.394 e. The fourth-order valence-electron chi connectivity index (χ4n) is 3.17. The van der Waals surface area contributed by atoms with Crippen molar-refractivity contribution < 1.29 is 0 Å². The highest BCUT2D eigenvalue weighted by atomic mass is 14.8. The zero-order valence-corrected chi connectivity index (χ0v) is 17.7. The summed E-state index contributed by atoms with van der Waals surface area (Å²) in [4.78, 5) is 0. The lowest BCUT2D eigenvalue weighted by Crippen LogP contribution is -2.11. The summed E-state index contributed by atoms with van der Waals surface area (Å²) in [7, 11) is 1.90. The Morgan fingerprint density at radius 2 is 1.96 bits per heavy atom. The van der Waals surface area contributed by atoms with Gasteiger partial charge in [-0.1, -0.05) is 87.4 Å². The molecule has 0 radical (unpaired) electrons. The number of hydrogen-bond donors (Lipinski definition) is 1. The van der Waals surface area contributed by atoms with Gasteiger partial charge < -0.3 is 5.32 Å². The quantitative estimate of drug-likeness (QED) is 0.296. The Balaban J connectivity index is 3.23. The Bertz CT molecular complexity index is 760. The smallest absolute Gasteiger partial charge is 0.00640 e. The summed E-state index contributed by atoms with van der Waals surface area (Å²) in [6.45, 7) is 16.4. The fourth-order valence-corrected chi connectivity index (χ4v) is 3.17. The standard InChI is InChI=1S/C27H35N/c1-7-10-12-13-14-15-17-25-21-24(16-11-8-2)23(5)26(9-3)27(25)20-22(4)18-19-28-6/h7-13,16-19,21,23,28H,2-4,14-15,20H2,1,5-6H3/b10-7-,13-12-,16-11-,19-18+,25-17+. The molecular weight excluding hydrogens is 338 g/mol. The summed E-state index contributed by atoms with van der Waals surface area (Å²) in [5.74, 6) is 0.302. The zero-order valence-electron chi connectivity index (χ0n) is 17.7. The van der Waals surface area contributed by atoms with Crippen LogP contribution < -0.4 is 5.32 Å². The molecule has 1 rings (SSSR count). The highest BCUT2D eigenvalue weighted by Gasteiger charge is 2.22. The lowest BCUT2D eigenvalue weighted by Gasteiger charge is -2.27. The predicted octanol–water partition coefficient (Wildman–Crippen LogP) is 7.31. The van der Waals surface area contributed by atoms with Crippen molar-refractivity contribution in [3.05, 3.63) is 121 Å². The third-order valence-corrected chi connectivity index (χ3v) is 4.66. The van der Waals surface area contributed by atoms with E-state index in [0.717, 1.165) is 24.8 Å². The van der Waals surface area contributed by atoms with Gasteiger partial charge in [0.25, 0.3) is 0 Å². The zero-order chi connectivity index (χ0) is 20.8. The average molecular weight is 374 g/mol. The van der Waals surface area contributed by atoms with E-state index in [1.807, 2.05) is 50.6 Å². The van der Waals surface area contributed by atoms with Gasteiger partial charge >= 0.3 is 0 Å². The molecule has 1 aliphatic carbocycles. The van der Waals surface area contributed by atoms with Crippen LogP contribution in [0.3, 0.4) is 0 Å². The number of unbranched alkanes of at least 4 members (excludes halogenated alkanes) is 1. The van der Waals surface area contributed by atoms with Gasteiger partial charge in [0.15, 0.2) is 0 Å². The van der Waals surface area contributed by atoms with Crippen LogP contribution in [0.4, 0.5) is 0 Å². The number of hydrogen-bond acceptors (Lipinski definition) is 1. The van der Waals surface area contributed by atoms with Crippen LogP contribution in [-0.4, -0.2) is 7.05 Å². The Morgan fingerprint density at radius 3 is 2.61 bits per heavy atom. The van der Waals surface area contributed by atoms with Gasteiger partial charge in [0, 0.05) is 13.0 Å². The Labute approximate surface area is 172 Å². The summed E-state index contributed by atoms with van der Waals surface area (Å²) >= 11 is 0. The van der Waals surface area contributed by atoms with E-state index in [1.54, 1.807) is 0 Å². The lowest BCUT2D eigenvalue weighted by atomic mass is 9.78. The van der Waals surface area contributed by atoms with Crippen LogP contribution in [0.25, 0.3) is 0 Å². The molecule has 0 amide bonds. The molecule has 1 nitrogen and oxygen atoms in total. The average Bonchev–Trinajstić information content (AvgIpc) is 2.69. The highest BCUT2D eigenvalue weighted by Crippen LogP contribution is 2.38. The van der Waals surface area contributed by atoms with Crippen LogP contribution in [0, 0.1) is 5.92 Å². The van der Waals surface area contributed by atoms with Crippen molar-refractivity contribution in [2.75, 3.05) is 7.05 Å². The maximum atomic E-state index is 4.22. The SMILES string of the molecule is C=C/C=C\C1=CC(=C\CC/C=C\C=C/C)/C(CC(=C)/C=C/NC)=C(C=C)C1C. The van der Waals surface area contributed by atoms with Gasteiger partial charge in [-0.15, -0.1) is 0 Å². The molecule has 0 saturated heterocycles. The Kier molecular flexibility index (Phi) is 11.1. The van der Waals surface area contributed by atoms with Crippen LogP contribution in [0.2, 0.25) is 0 Å². The molecule has 1 unspecified atom stereocenters. The van der Waals surface area contributed by atoms with Gasteiger partial charge in [0.2, 0.25) is 0 Å². The molecule has 0 fully saturated rings. The van der Waals surface area contributed by atoms with Crippen molar-refractivity contribution in [3.63, 3.8) is 0 Å². The second kappa shape index (κ2) is 13.4. The van der Waals surface area contributed by atoms with E-state index in [4.69, 9.17) is 0 Å². The van der Waals surface area contributed by atoms with E-state index >= 15 is 0 Å². The third-order valence-electron chi connectivity index (χ3n) is 4.66. The molecule has 0 bridgehead atoms. The molecule has 0 aliphatic heterocycles. The van der Waals surface area contributed by atoms with Crippen molar-refractivity contribution in [1.29, 1.82) is 0 Å². The maximum absolute atomic E-state index is 4.22. The summed E-state index contributed by atoms with van der Waals surface area (Å²) in [6, 6.07) is 0. The van der Waals surface area contributed by atoms with Gasteiger partial charge in [-0.3, -0.25) is 0 Å². The van der Waals surface area contributed by atoms with E-state index in [1.165, 1.54) is 22.3 Å². The van der Waals surface area contributed by atoms with Crippen LogP contribution in [0.15, 0.2) is 121 Å². The van der Waals surface area contributed by atoms with E-state index in [2.05, 4.69) is 68.4 Å². The normalized spacial score (nSPS) is 19.3. The van der Waals surface area contributed by atoms with Gasteiger partial charge in [0.1, 0.15) is 0 Å². The molecule has 1 atom stereocenters. The number of nitrogens with one attached hydrogen (secondary N) is 1. The molecule has 1 heteroatoms. The van der Waals surface area contributed by atoms with E-state index in [0.29, 0.717) is 5.92 Å². The number of rotatable bonds is 11. The monoisotopic (exact) mass is 373 g/mol. The minimum absolute atomic E-state index is 0.302. The molecule has 0 aromatic carbocycles. The van der Waals surface area contributed by atoms with Crippen LogP contribution in [-0.2, 0) is 0 Å². The predicted molar refractivity (Wildman–Crippen MR) is 127 cm³/mol. The summed E-state index contributed by atoms with van der Waals surface area (Å²) in [5.41, 5.74) is 6.23. The van der Waals surface area contributed by atoms with Gasteiger partial charge in [-0.2, -0.15) is 0 Å². The lowest BCUT2D eigenvalue weighted by molar-refractivity contribution is 0.812. The van der Waals surface area contributed by atoms with Crippen LogP contribution in [0.5, 0.6) is 0 Å². The Hall–Kier alpha value is -2.80. The maximum Gasteiger partial charge on any atom is 0.00640 e. The van der Waals surface area contributed by atoms with E-state index in [9.17, 15) is 0 Å². The molecule has 0 aromatic rings. The van der Waals surface area contributed by atoms with Gasteiger partial charge in [0.05, 0.1) is 0 Å². The van der Waals surface area contributed by atoms with Crippen molar-refractivity contribution in [2.45, 2.75) is 33.1 Å². The highest BCUT2D eigenvalue weighted by molar-refractivity contribution is 5.57. The van der Waals surface area contributed by atoms with E-state index in [-0.39, 0.29) is 0 Å². The molecule has 0 spiro atoms. The van der Waals surface area contributed by atoms with Crippen LogP contribution in [0.1, 0.15) is 33.1 Å². The number of allylic oxidation sites excluding steroid dienone is 16. The van der Waals surface area contributed by atoms with Gasteiger partial charge in [-0.05, 0) is 66.3 Å². The molecule has 1 N–H and O–H groups in total. The second-order valence-corrected chi connectivity index (χ2v) is 6.75. The first kappa shape index (κ1) is 23.2. The van der Waals surface area contributed by atoms with E-state index < -0.39 is 0 Å². The topological polar surface area (TPSA) is 12.0 Å². The first-order valence-electron chi connectivity index (χ1n) is 9.95. The molecule has 0 saturated carbocycles. The van der Waals surface area contributed by atoms with Gasteiger partial charge in [-0.25, -0.2) is 0 Å². The fraction of sp³-hybridized carbons (Fsp3) is 0.259. The van der Waals surface area contributed by atoms with Crippen LogP contribution >= 0.6 is 0 Å². The molecule has 0 heterocycles. The second-order valence-electron chi connectivity index (χ2n) is 6.75. The summed E-state index contributed by atoms with van der Waals surface area (Å²) in [6.07, 6.45) is 27.8. The van der Waals surface area contributed by atoms with Crippen molar-refractivity contribution in [3.8, 4) is 0 Å². The third kappa shape index (κ3) is 7.44. The van der Waals surface area contributed by atoms with Crippen molar-refractivity contribution in [1.82, 2.24) is 5.32 Å². The molecule has 0 aromatic heterocycles. The molecule has 1 aliphatic rings. The first-order chi connectivity index (χ1) is 13.6. The molecule has 28 heavy (non-hydrogen) atoms. The summed E-state index contributed by atoms with van der Waals surface area (Å²) < 4.78 is 0.